The van der Waals surface area contributed by atoms with E-state index in [4.69, 9.17) is 13.9 Å². The van der Waals surface area contributed by atoms with Crippen molar-refractivity contribution >= 4 is 23.1 Å². The largest absolute Gasteiger partial charge is 0.505 e. The van der Waals surface area contributed by atoms with Crippen LogP contribution in [0.25, 0.3) is 11.4 Å². The van der Waals surface area contributed by atoms with Crippen molar-refractivity contribution in [1.29, 1.82) is 0 Å². The minimum Gasteiger partial charge on any atom is -0.505 e. The minimum atomic E-state index is -0.896. The molecule has 1 N–H and O–H groups in total. The van der Waals surface area contributed by atoms with Gasteiger partial charge >= 0.3 is 0 Å². The molecule has 0 spiro atoms. The van der Waals surface area contributed by atoms with Gasteiger partial charge in [-0.25, -0.2) is 4.98 Å². The number of benzene rings is 1. The number of ether oxygens (including phenoxy) is 2. The Morgan fingerprint density at radius 2 is 1.95 bits per heavy atom. The fourth-order valence-corrected chi connectivity index (χ4v) is 4.99. The molecule has 39 heavy (non-hydrogen) atoms. The van der Waals surface area contributed by atoms with Crippen molar-refractivity contribution in [3.8, 4) is 11.5 Å². The smallest absolute Gasteiger partial charge is 0.296 e. The van der Waals surface area contributed by atoms with Gasteiger partial charge in [0.1, 0.15) is 17.1 Å². The van der Waals surface area contributed by atoms with Crippen molar-refractivity contribution < 1.29 is 28.6 Å². The van der Waals surface area contributed by atoms with Crippen LogP contribution >= 0.6 is 0 Å². The number of rotatable bonds is 10. The molecule has 0 saturated carbocycles. The maximum atomic E-state index is 13.5. The van der Waals surface area contributed by atoms with E-state index in [-0.39, 0.29) is 17.9 Å². The lowest BCUT2D eigenvalue weighted by Crippen LogP contribution is -2.29. The molecule has 1 saturated heterocycles. The van der Waals surface area contributed by atoms with Crippen molar-refractivity contribution in [2.75, 3.05) is 13.7 Å². The molecule has 1 aliphatic rings. The number of hydrogen-bond donors (Lipinski definition) is 1. The number of Topliss-reactive ketones (excluding diaryl/α,β-unsaturated/α-hetero) is 1. The molecular weight excluding hydrogens is 498 g/mol. The summed E-state index contributed by atoms with van der Waals surface area (Å²) in [6.45, 7) is 4.48. The summed E-state index contributed by atoms with van der Waals surface area (Å²) in [5.41, 5.74) is 2.06. The number of fused-ring (bicyclic) bond motifs is 1. The molecule has 202 valence electrons. The molecule has 1 fully saturated rings. The fraction of sp³-hybridized carbons (Fsp3) is 0.300. The van der Waals surface area contributed by atoms with Crippen LogP contribution in [-0.4, -0.2) is 44.8 Å². The van der Waals surface area contributed by atoms with E-state index < -0.39 is 17.7 Å². The normalized spacial score (nSPS) is 16.8. The molecule has 1 aromatic carbocycles. The van der Waals surface area contributed by atoms with E-state index in [1.165, 1.54) is 11.2 Å². The van der Waals surface area contributed by atoms with Crippen LogP contribution in [-0.2, 0) is 16.1 Å². The van der Waals surface area contributed by atoms with Gasteiger partial charge in [0.05, 0.1) is 43.8 Å². The monoisotopic (exact) mass is 529 g/mol. The minimum absolute atomic E-state index is 0.0287. The number of imidazole rings is 1. The maximum absolute atomic E-state index is 13.5. The number of pyridine rings is 1. The van der Waals surface area contributed by atoms with E-state index in [9.17, 15) is 14.7 Å². The highest BCUT2D eigenvalue weighted by atomic mass is 16.5. The summed E-state index contributed by atoms with van der Waals surface area (Å²) in [6, 6.07) is 13.3. The third-order valence-corrected chi connectivity index (χ3v) is 6.88. The van der Waals surface area contributed by atoms with Gasteiger partial charge in [-0.2, -0.15) is 0 Å². The zero-order chi connectivity index (χ0) is 27.5. The van der Waals surface area contributed by atoms with Gasteiger partial charge in [0.2, 0.25) is 0 Å². The first kappa shape index (κ1) is 26.1. The van der Waals surface area contributed by atoms with Crippen molar-refractivity contribution in [3.63, 3.8) is 0 Å². The lowest BCUT2D eigenvalue weighted by atomic mass is 9.95. The second kappa shape index (κ2) is 11.1. The van der Waals surface area contributed by atoms with Crippen molar-refractivity contribution in [1.82, 2.24) is 14.3 Å². The maximum Gasteiger partial charge on any atom is 0.296 e. The summed E-state index contributed by atoms with van der Waals surface area (Å²) in [6.07, 6.45) is 6.33. The number of nitrogens with zero attached hydrogens (tertiary/aromatic N) is 3. The first-order valence-corrected chi connectivity index (χ1v) is 13.0. The Labute approximate surface area is 226 Å². The van der Waals surface area contributed by atoms with Crippen molar-refractivity contribution in [3.05, 3.63) is 89.3 Å². The molecule has 1 atom stereocenters. The average molecular weight is 530 g/mol. The third-order valence-electron chi connectivity index (χ3n) is 6.88. The summed E-state index contributed by atoms with van der Waals surface area (Å²) in [4.78, 5) is 32.8. The van der Waals surface area contributed by atoms with Gasteiger partial charge < -0.3 is 23.9 Å². The Bertz CT molecular complexity index is 1540. The molecule has 1 amide bonds. The number of carbonyl (C=O) groups excluding carboxylic acids is 2. The topological polar surface area (TPSA) is 107 Å². The molecule has 0 radical (unpaired) electrons. The molecule has 0 bridgehead atoms. The summed E-state index contributed by atoms with van der Waals surface area (Å²) >= 11 is 0. The SMILES string of the molecule is CCCCCOc1ccc(C2C(=C(O)c3c(C)nc4ccccn34)C(=O)C(=O)N2Cc2ccco2)cc1OC. The van der Waals surface area contributed by atoms with E-state index in [1.54, 1.807) is 61.0 Å². The van der Waals surface area contributed by atoms with E-state index in [2.05, 4.69) is 11.9 Å². The number of aryl methyl sites for hydroxylation is 1. The lowest BCUT2D eigenvalue weighted by molar-refractivity contribution is -0.140. The van der Waals surface area contributed by atoms with E-state index in [0.717, 1.165) is 19.3 Å². The van der Waals surface area contributed by atoms with Crippen LogP contribution in [0.15, 0.2) is 71.0 Å². The predicted octanol–water partition coefficient (Wildman–Crippen LogP) is 5.44. The standard InChI is InChI=1S/C30H31N3O6/c1-4-5-8-15-39-22-13-12-20(17-23(22)37-3)27-25(29(35)30(36)33(27)18-21-10-9-16-38-21)28(34)26-19(2)31-24-11-6-7-14-32(24)26/h6-7,9-14,16-17,27,34H,4-5,8,15,18H2,1-3H3. The molecule has 0 aliphatic carbocycles. The Morgan fingerprint density at radius 3 is 2.69 bits per heavy atom. The number of likely N-dealkylation sites (tertiary alicyclic amines) is 1. The predicted molar refractivity (Wildman–Crippen MR) is 144 cm³/mol. The summed E-state index contributed by atoms with van der Waals surface area (Å²) < 4.78 is 18.8. The lowest BCUT2D eigenvalue weighted by Gasteiger charge is -2.25. The molecule has 1 unspecified atom stereocenters. The second-order valence-corrected chi connectivity index (χ2v) is 9.45. The molecule has 5 rings (SSSR count). The fourth-order valence-electron chi connectivity index (χ4n) is 4.99. The van der Waals surface area contributed by atoms with Crippen LogP contribution in [0.4, 0.5) is 0 Å². The van der Waals surface area contributed by atoms with Crippen LogP contribution in [0.1, 0.15) is 54.9 Å². The van der Waals surface area contributed by atoms with Gasteiger partial charge in [0.15, 0.2) is 17.3 Å². The molecular formula is C30H31N3O6. The number of methoxy groups -OCH3 is 1. The quantitative estimate of drug-likeness (QED) is 0.126. The van der Waals surface area contributed by atoms with Gasteiger partial charge in [-0.3, -0.25) is 14.0 Å². The zero-order valence-corrected chi connectivity index (χ0v) is 22.2. The highest BCUT2D eigenvalue weighted by molar-refractivity contribution is 6.46. The molecule has 4 heterocycles. The Hall–Kier alpha value is -4.53. The number of carbonyl (C=O) groups is 2. The van der Waals surface area contributed by atoms with Crippen LogP contribution in [0.5, 0.6) is 11.5 Å². The first-order valence-electron chi connectivity index (χ1n) is 13.0. The van der Waals surface area contributed by atoms with E-state index in [1.807, 2.05) is 12.1 Å². The van der Waals surface area contributed by atoms with Gasteiger partial charge in [-0.1, -0.05) is 31.9 Å². The number of unbranched alkanes of at least 4 members (excludes halogenated alkanes) is 2. The molecule has 1 aliphatic heterocycles. The van der Waals surface area contributed by atoms with Crippen LogP contribution in [0, 0.1) is 6.92 Å². The Kier molecular flexibility index (Phi) is 7.40. The number of furan rings is 1. The van der Waals surface area contributed by atoms with Gasteiger partial charge in [0.25, 0.3) is 11.7 Å². The summed E-state index contributed by atoms with van der Waals surface area (Å²) in [5, 5.41) is 11.6. The number of amides is 1. The van der Waals surface area contributed by atoms with Crippen LogP contribution < -0.4 is 9.47 Å². The molecule has 9 nitrogen and oxygen atoms in total. The number of aromatic nitrogens is 2. The third kappa shape index (κ3) is 4.87. The highest BCUT2D eigenvalue weighted by Gasteiger charge is 2.47. The van der Waals surface area contributed by atoms with Gasteiger partial charge in [-0.15, -0.1) is 0 Å². The van der Waals surface area contributed by atoms with E-state index in [0.29, 0.717) is 46.5 Å². The van der Waals surface area contributed by atoms with E-state index >= 15 is 0 Å². The van der Waals surface area contributed by atoms with Gasteiger partial charge in [0, 0.05) is 6.20 Å². The Balaban J connectivity index is 1.63. The number of hydrogen-bond acceptors (Lipinski definition) is 7. The summed E-state index contributed by atoms with van der Waals surface area (Å²) in [7, 11) is 1.54. The number of ketones is 1. The van der Waals surface area contributed by atoms with Gasteiger partial charge in [-0.05, 0) is 55.3 Å². The first-order chi connectivity index (χ1) is 18.9. The molecule has 3 aromatic heterocycles. The molecule has 4 aromatic rings. The highest BCUT2D eigenvalue weighted by Crippen LogP contribution is 2.43. The number of aliphatic hydroxyl groups is 1. The van der Waals surface area contributed by atoms with Crippen LogP contribution in [0.2, 0.25) is 0 Å². The zero-order valence-electron chi connectivity index (χ0n) is 22.2. The average Bonchev–Trinajstić information content (AvgIpc) is 3.64. The summed E-state index contributed by atoms with van der Waals surface area (Å²) in [5.74, 6) is -0.265. The van der Waals surface area contributed by atoms with Crippen LogP contribution in [0.3, 0.4) is 0 Å². The Morgan fingerprint density at radius 1 is 1.10 bits per heavy atom. The van der Waals surface area contributed by atoms with Crippen molar-refractivity contribution in [2.24, 2.45) is 0 Å². The second-order valence-electron chi connectivity index (χ2n) is 9.45. The van der Waals surface area contributed by atoms with Crippen molar-refractivity contribution in [2.45, 2.75) is 45.7 Å². The number of aliphatic hydroxyl groups excluding tert-OH is 1. The molecule has 9 heteroatoms.